The predicted molar refractivity (Wildman–Crippen MR) is 108 cm³/mol. The fourth-order valence-electron chi connectivity index (χ4n) is 4.22. The van der Waals surface area contributed by atoms with E-state index in [4.69, 9.17) is 0 Å². The van der Waals surface area contributed by atoms with Crippen molar-refractivity contribution in [2.45, 2.75) is 39.2 Å². The number of hydrogen-bond donors (Lipinski definition) is 1. The Bertz CT molecular complexity index is 885. The molecule has 1 saturated heterocycles. The van der Waals surface area contributed by atoms with Crippen LogP contribution in [0.1, 0.15) is 43.5 Å². The van der Waals surface area contributed by atoms with Crippen molar-refractivity contribution in [2.75, 3.05) is 26.2 Å². The van der Waals surface area contributed by atoms with Gasteiger partial charge in [-0.2, -0.15) is 0 Å². The highest BCUT2D eigenvalue weighted by Crippen LogP contribution is 2.32. The van der Waals surface area contributed by atoms with Crippen LogP contribution >= 0.6 is 0 Å². The van der Waals surface area contributed by atoms with Crippen LogP contribution in [0.25, 0.3) is 10.9 Å². The molecule has 4 rings (SSSR count). The number of carbonyl (C=O) groups is 1. The fourth-order valence-corrected chi connectivity index (χ4v) is 4.22. The van der Waals surface area contributed by atoms with Gasteiger partial charge in [0.2, 0.25) is 0 Å². The van der Waals surface area contributed by atoms with Crippen molar-refractivity contribution in [3.8, 4) is 0 Å². The van der Waals surface area contributed by atoms with Gasteiger partial charge in [-0.15, -0.1) is 0 Å². The third-order valence-corrected chi connectivity index (χ3v) is 5.98. The Hall–Kier alpha value is -2.14. The number of aromatic amines is 1. The van der Waals surface area contributed by atoms with Crippen molar-refractivity contribution < 1.29 is 4.79 Å². The van der Waals surface area contributed by atoms with E-state index < -0.39 is 0 Å². The van der Waals surface area contributed by atoms with E-state index in [0.717, 1.165) is 42.9 Å². The SMILES string of the molecule is CC(C)C1CN(C(=O)c2cc3ccccc3[nH]c2=O)CCCN1CC1CC1. The standard InChI is InChI=1S/C22H29N3O2/c1-15(2)20-14-25(11-5-10-24(20)13-16-8-9-16)22(27)18-12-17-6-3-4-7-19(17)23-21(18)26/h3-4,6-7,12,15-16,20H,5,8-11,13-14H2,1-2H3,(H,23,26). The van der Waals surface area contributed by atoms with E-state index in [-0.39, 0.29) is 17.0 Å². The van der Waals surface area contributed by atoms with Crippen LogP contribution in [0, 0.1) is 11.8 Å². The first-order valence-corrected chi connectivity index (χ1v) is 10.2. The molecule has 1 amide bonds. The molecule has 2 fully saturated rings. The quantitative estimate of drug-likeness (QED) is 0.903. The summed E-state index contributed by atoms with van der Waals surface area (Å²) in [5.41, 5.74) is 0.733. The van der Waals surface area contributed by atoms with Gasteiger partial charge in [0.25, 0.3) is 11.5 Å². The predicted octanol–water partition coefficient (Wildman–Crippen LogP) is 3.11. The van der Waals surface area contributed by atoms with Crippen molar-refractivity contribution in [2.24, 2.45) is 11.8 Å². The lowest BCUT2D eigenvalue weighted by atomic mass is 10.0. The lowest BCUT2D eigenvalue weighted by molar-refractivity contribution is 0.0703. The molecule has 0 bridgehead atoms. The molecule has 5 heteroatoms. The lowest BCUT2D eigenvalue weighted by Crippen LogP contribution is -2.47. The van der Waals surface area contributed by atoms with Crippen LogP contribution in [0.2, 0.25) is 0 Å². The molecular weight excluding hydrogens is 338 g/mol. The van der Waals surface area contributed by atoms with Crippen molar-refractivity contribution in [3.05, 3.63) is 46.2 Å². The van der Waals surface area contributed by atoms with E-state index in [9.17, 15) is 9.59 Å². The summed E-state index contributed by atoms with van der Waals surface area (Å²) in [6.45, 7) is 8.09. The molecule has 1 unspecified atom stereocenters. The number of hydrogen-bond acceptors (Lipinski definition) is 3. The van der Waals surface area contributed by atoms with Gasteiger partial charge in [-0.05, 0) is 48.6 Å². The number of amides is 1. The average Bonchev–Trinajstić information content (AvgIpc) is 3.48. The lowest BCUT2D eigenvalue weighted by Gasteiger charge is -2.34. The minimum absolute atomic E-state index is 0.138. The molecule has 0 radical (unpaired) electrons. The summed E-state index contributed by atoms with van der Waals surface area (Å²) in [4.78, 5) is 33.1. The minimum Gasteiger partial charge on any atom is -0.337 e. The van der Waals surface area contributed by atoms with E-state index in [1.54, 1.807) is 6.07 Å². The van der Waals surface area contributed by atoms with Crippen LogP contribution in [0.4, 0.5) is 0 Å². The Morgan fingerprint density at radius 2 is 2.00 bits per heavy atom. The summed E-state index contributed by atoms with van der Waals surface area (Å²) in [6, 6.07) is 9.70. The topological polar surface area (TPSA) is 56.4 Å². The summed E-state index contributed by atoms with van der Waals surface area (Å²) in [5.74, 6) is 1.18. The van der Waals surface area contributed by atoms with Gasteiger partial charge in [-0.3, -0.25) is 14.5 Å². The highest BCUT2D eigenvalue weighted by Gasteiger charge is 2.34. The summed E-state index contributed by atoms with van der Waals surface area (Å²) in [6.07, 6.45) is 3.65. The van der Waals surface area contributed by atoms with Crippen LogP contribution < -0.4 is 5.56 Å². The number of aromatic nitrogens is 1. The number of nitrogens with zero attached hydrogens (tertiary/aromatic N) is 2. The van der Waals surface area contributed by atoms with Gasteiger partial charge in [0, 0.05) is 37.7 Å². The van der Waals surface area contributed by atoms with Crippen molar-refractivity contribution >= 4 is 16.8 Å². The number of carbonyl (C=O) groups excluding carboxylic acids is 1. The monoisotopic (exact) mass is 367 g/mol. The Labute approximate surface area is 160 Å². The molecule has 1 aromatic carbocycles. The van der Waals surface area contributed by atoms with E-state index in [0.29, 0.717) is 18.5 Å². The number of benzene rings is 1. The van der Waals surface area contributed by atoms with Crippen molar-refractivity contribution in [1.29, 1.82) is 0 Å². The number of pyridine rings is 1. The van der Waals surface area contributed by atoms with Crippen molar-refractivity contribution in [1.82, 2.24) is 14.8 Å². The second-order valence-electron chi connectivity index (χ2n) is 8.45. The van der Waals surface area contributed by atoms with E-state index in [1.165, 1.54) is 12.8 Å². The van der Waals surface area contributed by atoms with E-state index in [1.807, 2.05) is 29.2 Å². The minimum atomic E-state index is -0.293. The summed E-state index contributed by atoms with van der Waals surface area (Å²) >= 11 is 0. The summed E-state index contributed by atoms with van der Waals surface area (Å²) in [7, 11) is 0. The first-order chi connectivity index (χ1) is 13.0. The van der Waals surface area contributed by atoms with Gasteiger partial charge in [0.05, 0.1) is 0 Å². The first kappa shape index (κ1) is 18.2. The zero-order valence-corrected chi connectivity index (χ0v) is 16.3. The largest absolute Gasteiger partial charge is 0.337 e. The Kier molecular flexibility index (Phi) is 5.04. The van der Waals surface area contributed by atoms with Gasteiger partial charge >= 0.3 is 0 Å². The molecular formula is C22H29N3O2. The fraction of sp³-hybridized carbons (Fsp3) is 0.545. The maximum atomic E-state index is 13.2. The molecule has 2 aliphatic rings. The molecule has 2 heterocycles. The first-order valence-electron chi connectivity index (χ1n) is 10.2. The smallest absolute Gasteiger partial charge is 0.261 e. The van der Waals surface area contributed by atoms with Gasteiger partial charge in [-0.25, -0.2) is 0 Å². The summed E-state index contributed by atoms with van der Waals surface area (Å²) < 4.78 is 0. The number of H-pyrrole nitrogens is 1. The molecule has 27 heavy (non-hydrogen) atoms. The normalized spacial score (nSPS) is 21.6. The molecule has 2 aromatic rings. The van der Waals surface area contributed by atoms with Crippen LogP contribution in [-0.2, 0) is 0 Å². The van der Waals surface area contributed by atoms with Crippen LogP contribution in [-0.4, -0.2) is 52.9 Å². The third kappa shape index (κ3) is 3.93. The molecule has 1 aliphatic carbocycles. The van der Waals surface area contributed by atoms with E-state index >= 15 is 0 Å². The number of rotatable bonds is 4. The second kappa shape index (κ2) is 7.47. The number of fused-ring (bicyclic) bond motifs is 1. The molecule has 1 aliphatic heterocycles. The molecule has 1 aromatic heterocycles. The average molecular weight is 367 g/mol. The Morgan fingerprint density at radius 1 is 1.22 bits per heavy atom. The number of para-hydroxylation sites is 1. The van der Waals surface area contributed by atoms with Gasteiger partial charge < -0.3 is 9.88 Å². The molecule has 5 nitrogen and oxygen atoms in total. The Morgan fingerprint density at radius 3 is 2.74 bits per heavy atom. The third-order valence-electron chi connectivity index (χ3n) is 5.98. The molecule has 1 saturated carbocycles. The molecule has 144 valence electrons. The van der Waals surface area contributed by atoms with Crippen LogP contribution in [0.15, 0.2) is 35.1 Å². The zero-order chi connectivity index (χ0) is 19.0. The molecule has 0 spiro atoms. The second-order valence-corrected chi connectivity index (χ2v) is 8.45. The molecule has 1 N–H and O–H groups in total. The highest BCUT2D eigenvalue weighted by atomic mass is 16.2. The maximum absolute atomic E-state index is 13.2. The Balaban J connectivity index is 1.59. The van der Waals surface area contributed by atoms with Crippen LogP contribution in [0.3, 0.4) is 0 Å². The van der Waals surface area contributed by atoms with Gasteiger partial charge in [-0.1, -0.05) is 32.0 Å². The number of nitrogens with one attached hydrogen (secondary N) is 1. The highest BCUT2D eigenvalue weighted by molar-refractivity contribution is 5.97. The van der Waals surface area contributed by atoms with Gasteiger partial charge in [0.15, 0.2) is 0 Å². The van der Waals surface area contributed by atoms with Crippen LogP contribution in [0.5, 0.6) is 0 Å². The van der Waals surface area contributed by atoms with Gasteiger partial charge in [0.1, 0.15) is 5.56 Å². The summed E-state index contributed by atoms with van der Waals surface area (Å²) in [5, 5.41) is 0.894. The maximum Gasteiger partial charge on any atom is 0.261 e. The van der Waals surface area contributed by atoms with E-state index in [2.05, 4.69) is 23.7 Å². The zero-order valence-electron chi connectivity index (χ0n) is 16.3. The molecule has 1 atom stereocenters. The van der Waals surface area contributed by atoms with Crippen molar-refractivity contribution in [3.63, 3.8) is 0 Å².